The Morgan fingerprint density at radius 2 is 0.904 bits per heavy atom. The number of carbonyl (C=O) groups is 1. The van der Waals surface area contributed by atoms with Gasteiger partial charge >= 0.3 is 5.97 Å². The average molecular weight is 714 g/mol. The number of hydrogen-bond donors (Lipinski definition) is 1. The van der Waals surface area contributed by atoms with Crippen LogP contribution in [-0.4, -0.2) is 25.7 Å². The Hall–Kier alpha value is -2.39. The van der Waals surface area contributed by atoms with Gasteiger partial charge in [-0.15, -0.1) is 0 Å². The van der Waals surface area contributed by atoms with Crippen molar-refractivity contribution in [3.8, 4) is 11.1 Å². The van der Waals surface area contributed by atoms with Crippen molar-refractivity contribution < 1.29 is 9.53 Å². The number of nitrogens with one attached hydrogen (secondary N) is 1. The first-order valence-corrected chi connectivity index (χ1v) is 22.5. The van der Waals surface area contributed by atoms with Gasteiger partial charge in [-0.25, -0.2) is 0 Å². The molecule has 2 aromatic carbocycles. The lowest BCUT2D eigenvalue weighted by Gasteiger charge is -2.14. The highest BCUT2D eigenvalue weighted by Crippen LogP contribution is 2.44. The smallest absolute Gasteiger partial charge is 0.305 e. The van der Waals surface area contributed by atoms with Gasteiger partial charge in [-0.1, -0.05) is 202 Å². The van der Waals surface area contributed by atoms with Crippen LogP contribution in [0.1, 0.15) is 210 Å². The molecule has 0 aromatic heterocycles. The highest BCUT2D eigenvalue weighted by Gasteiger charge is 2.28. The van der Waals surface area contributed by atoms with E-state index in [0.717, 1.165) is 12.8 Å². The first kappa shape index (κ1) is 44.0. The van der Waals surface area contributed by atoms with Crippen LogP contribution in [0.15, 0.2) is 60.7 Å². The second kappa shape index (κ2) is 31.0. The molecular weight excluding hydrogens is 635 g/mol. The molecular formula is C49H79NO2. The fourth-order valence-corrected chi connectivity index (χ4v) is 7.95. The van der Waals surface area contributed by atoms with Crippen molar-refractivity contribution >= 4 is 5.97 Å². The van der Waals surface area contributed by atoms with Gasteiger partial charge in [0.05, 0.1) is 0 Å². The summed E-state index contributed by atoms with van der Waals surface area (Å²) in [7, 11) is 0. The molecule has 0 aliphatic heterocycles. The summed E-state index contributed by atoms with van der Waals surface area (Å²) in [5, 5.41) is 3.68. The number of allylic oxidation sites excluding steroid dienone is 2. The molecule has 0 unspecified atom stereocenters. The van der Waals surface area contributed by atoms with Crippen LogP contribution in [0.2, 0.25) is 0 Å². The second-order valence-electron chi connectivity index (χ2n) is 15.8. The van der Waals surface area contributed by atoms with Crippen LogP contribution in [0.4, 0.5) is 0 Å². The first-order chi connectivity index (χ1) is 25.8. The van der Waals surface area contributed by atoms with Crippen molar-refractivity contribution in [2.75, 3.05) is 19.7 Å². The zero-order valence-corrected chi connectivity index (χ0v) is 33.8. The lowest BCUT2D eigenvalue weighted by atomic mass is 9.98. The fraction of sp³-hybridized carbons (Fsp3) is 0.694. The van der Waals surface area contributed by atoms with E-state index >= 15 is 0 Å². The zero-order valence-electron chi connectivity index (χ0n) is 33.8. The normalized spacial score (nSPS) is 12.5. The molecule has 3 heteroatoms. The monoisotopic (exact) mass is 714 g/mol. The van der Waals surface area contributed by atoms with Crippen LogP contribution in [0.3, 0.4) is 0 Å². The molecule has 292 valence electrons. The molecule has 0 radical (unpaired) electrons. The predicted octanol–water partition coefficient (Wildman–Crippen LogP) is 14.8. The third-order valence-electron chi connectivity index (χ3n) is 11.2. The average Bonchev–Trinajstić information content (AvgIpc) is 3.49. The molecule has 3 rings (SSSR count). The number of unbranched alkanes of at least 4 members (excludes halogenated alkanes) is 25. The topological polar surface area (TPSA) is 38.3 Å². The highest BCUT2D eigenvalue weighted by atomic mass is 16.5. The molecule has 0 atom stereocenters. The van der Waals surface area contributed by atoms with Crippen molar-refractivity contribution in [2.45, 2.75) is 199 Å². The van der Waals surface area contributed by atoms with Gasteiger partial charge in [-0.05, 0) is 80.3 Å². The molecule has 0 amide bonds. The number of rotatable bonds is 35. The quantitative estimate of drug-likeness (QED) is 0.0439. The lowest BCUT2D eigenvalue weighted by molar-refractivity contribution is -0.144. The molecule has 0 heterocycles. The van der Waals surface area contributed by atoms with Gasteiger partial charge < -0.3 is 10.1 Å². The minimum Gasteiger partial charge on any atom is -0.465 e. The summed E-state index contributed by atoms with van der Waals surface area (Å²) in [5.41, 5.74) is 5.11. The van der Waals surface area contributed by atoms with E-state index in [4.69, 9.17) is 4.74 Å². The van der Waals surface area contributed by atoms with E-state index in [2.05, 4.69) is 72.9 Å². The van der Waals surface area contributed by atoms with Crippen molar-refractivity contribution in [3.63, 3.8) is 0 Å². The minimum absolute atomic E-state index is 0.0509. The summed E-state index contributed by atoms with van der Waals surface area (Å²) >= 11 is 0. The van der Waals surface area contributed by atoms with Gasteiger partial charge in [0.15, 0.2) is 0 Å². The Morgan fingerprint density at radius 3 is 1.37 bits per heavy atom. The van der Waals surface area contributed by atoms with Gasteiger partial charge in [-0.3, -0.25) is 4.79 Å². The lowest BCUT2D eigenvalue weighted by Crippen LogP contribution is -2.16. The molecule has 0 saturated carbocycles. The van der Waals surface area contributed by atoms with Crippen LogP contribution in [-0.2, 0) is 9.53 Å². The maximum Gasteiger partial charge on any atom is 0.305 e. The highest BCUT2D eigenvalue weighted by molar-refractivity contribution is 5.79. The summed E-state index contributed by atoms with van der Waals surface area (Å²) < 4.78 is 5.76. The van der Waals surface area contributed by atoms with Crippen molar-refractivity contribution in [2.24, 2.45) is 0 Å². The molecule has 0 saturated heterocycles. The largest absolute Gasteiger partial charge is 0.465 e. The van der Waals surface area contributed by atoms with Crippen molar-refractivity contribution in [1.82, 2.24) is 5.32 Å². The van der Waals surface area contributed by atoms with Crippen LogP contribution in [0, 0.1) is 0 Å². The maximum absolute atomic E-state index is 12.5. The molecule has 1 aliphatic rings. The van der Waals surface area contributed by atoms with Gasteiger partial charge in [0, 0.05) is 12.3 Å². The van der Waals surface area contributed by atoms with E-state index in [1.807, 2.05) is 0 Å². The third-order valence-corrected chi connectivity index (χ3v) is 11.2. The van der Waals surface area contributed by atoms with Crippen LogP contribution < -0.4 is 5.32 Å². The number of benzene rings is 2. The van der Waals surface area contributed by atoms with E-state index in [1.165, 1.54) is 202 Å². The van der Waals surface area contributed by atoms with Gasteiger partial charge in [0.1, 0.15) is 6.61 Å². The number of carbonyl (C=O) groups excluding carboxylic acids is 1. The summed E-state index contributed by atoms with van der Waals surface area (Å²) in [6.45, 7) is 5.17. The Morgan fingerprint density at radius 1 is 0.519 bits per heavy atom. The van der Waals surface area contributed by atoms with Gasteiger partial charge in [0.2, 0.25) is 0 Å². The Kier molecular flexibility index (Phi) is 26.2. The molecule has 1 N–H and O–H groups in total. The van der Waals surface area contributed by atoms with E-state index in [1.54, 1.807) is 0 Å². The van der Waals surface area contributed by atoms with Crippen LogP contribution in [0.5, 0.6) is 0 Å². The van der Waals surface area contributed by atoms with Gasteiger partial charge in [-0.2, -0.15) is 0 Å². The first-order valence-electron chi connectivity index (χ1n) is 22.5. The molecule has 0 bridgehead atoms. The summed E-state index contributed by atoms with van der Waals surface area (Å²) in [5.74, 6) is 0.103. The minimum atomic E-state index is -0.0509. The molecule has 52 heavy (non-hydrogen) atoms. The number of esters is 1. The van der Waals surface area contributed by atoms with E-state index in [9.17, 15) is 4.79 Å². The Bertz CT molecular complexity index is 1130. The molecule has 3 nitrogen and oxygen atoms in total. The molecule has 0 fully saturated rings. The number of ether oxygens (including phenoxy) is 1. The van der Waals surface area contributed by atoms with E-state index in [-0.39, 0.29) is 11.9 Å². The fourth-order valence-electron chi connectivity index (χ4n) is 7.95. The summed E-state index contributed by atoms with van der Waals surface area (Å²) in [4.78, 5) is 12.5. The second-order valence-corrected chi connectivity index (χ2v) is 15.8. The van der Waals surface area contributed by atoms with E-state index < -0.39 is 0 Å². The van der Waals surface area contributed by atoms with Crippen molar-refractivity contribution in [1.29, 1.82) is 0 Å². The zero-order chi connectivity index (χ0) is 36.6. The van der Waals surface area contributed by atoms with Crippen molar-refractivity contribution in [3.05, 3.63) is 71.8 Å². The maximum atomic E-state index is 12.5. The van der Waals surface area contributed by atoms with E-state index in [0.29, 0.717) is 13.0 Å². The van der Waals surface area contributed by atoms with Crippen LogP contribution in [0.25, 0.3) is 11.1 Å². The Labute approximate surface area is 321 Å². The summed E-state index contributed by atoms with van der Waals surface area (Å²) in [6, 6.07) is 17.0. The SMILES string of the molecule is CCCCCCCCCCCCCCCCNCCCCCCCCC=CCCCCCCCCC(=O)OCC1c2ccccc2-c2ccccc21. The van der Waals surface area contributed by atoms with Gasteiger partial charge in [0.25, 0.3) is 0 Å². The third kappa shape index (κ3) is 20.2. The molecule has 2 aromatic rings. The Balaban J connectivity index is 0.975. The van der Waals surface area contributed by atoms with Crippen LogP contribution >= 0.6 is 0 Å². The number of fused-ring (bicyclic) bond motifs is 3. The molecule has 1 aliphatic carbocycles. The predicted molar refractivity (Wildman–Crippen MR) is 226 cm³/mol. The standard InChI is InChI=1S/C49H79NO2/c1-2-3-4-5-6-7-8-9-15-18-21-24-27-34-41-50-42-35-28-25-22-19-16-13-11-10-12-14-17-20-23-26-29-40-49(51)52-43-48-46-38-32-30-36-44(46)45-37-31-33-39-47(45)48/h10-11,30-33,36-39,48,50H,2-9,12-29,34-35,40-43H2,1H3. The summed E-state index contributed by atoms with van der Waals surface area (Å²) in [6.07, 6.45) is 43.3. The number of hydrogen-bond acceptors (Lipinski definition) is 3. The molecule has 0 spiro atoms.